The van der Waals surface area contributed by atoms with E-state index in [2.05, 4.69) is 19.6 Å². The van der Waals surface area contributed by atoms with Gasteiger partial charge in [0.15, 0.2) is 17.3 Å². The fraction of sp³-hybridized carbons (Fsp3) is 0.129. The molecule has 8 nitrogen and oxygen atoms in total. The van der Waals surface area contributed by atoms with Gasteiger partial charge in [0, 0.05) is 5.56 Å². The summed E-state index contributed by atoms with van der Waals surface area (Å²) in [6.07, 6.45) is -11.1. The fourth-order valence-corrected chi connectivity index (χ4v) is 4.47. The van der Waals surface area contributed by atoms with Crippen LogP contribution >= 0.6 is 0 Å². The van der Waals surface area contributed by atoms with E-state index in [1.807, 2.05) is 19.1 Å². The highest BCUT2D eigenvalue weighted by Gasteiger charge is 2.41. The predicted octanol–water partition coefficient (Wildman–Crippen LogP) is 8.46. The van der Waals surface area contributed by atoms with E-state index < -0.39 is 30.1 Å². The van der Waals surface area contributed by atoms with Crippen molar-refractivity contribution in [3.05, 3.63) is 108 Å². The van der Waals surface area contributed by atoms with Crippen LogP contribution in [0.15, 0.2) is 91.1 Å². The maximum Gasteiger partial charge on any atom is 0.573 e. The number of hydrogen-bond donors (Lipinski definition) is 1. The molecule has 0 aliphatic rings. The van der Waals surface area contributed by atoms with E-state index in [0.29, 0.717) is 27.8 Å². The van der Waals surface area contributed by atoms with Crippen molar-refractivity contribution in [3.63, 3.8) is 0 Å². The van der Waals surface area contributed by atoms with Gasteiger partial charge in [0.05, 0.1) is 11.9 Å². The Morgan fingerprint density at radius 3 is 2.24 bits per heavy atom. The molecule has 0 radical (unpaired) electrons. The van der Waals surface area contributed by atoms with Crippen molar-refractivity contribution in [1.29, 1.82) is 0 Å². The monoisotopic (exact) mass is 629 g/mol. The molecule has 0 spiro atoms. The Labute approximate surface area is 251 Å². The first-order valence-electron chi connectivity index (χ1n) is 13.0. The molecule has 2 heterocycles. The number of halogens is 6. The van der Waals surface area contributed by atoms with Crippen LogP contribution in [0, 0.1) is 6.92 Å². The minimum Gasteiger partial charge on any atom is -0.488 e. The summed E-state index contributed by atoms with van der Waals surface area (Å²) >= 11 is 0. The number of pyridine rings is 1. The lowest BCUT2D eigenvalue weighted by molar-refractivity contribution is -0.274. The Kier molecular flexibility index (Phi) is 8.40. The largest absolute Gasteiger partial charge is 0.573 e. The maximum atomic E-state index is 13.8. The number of carboxylic acid groups (broad SMARTS) is 1. The third kappa shape index (κ3) is 7.34. The minimum atomic E-state index is -5.00. The second-order valence-corrected chi connectivity index (χ2v) is 9.51. The van der Waals surface area contributed by atoms with Gasteiger partial charge in [0.25, 0.3) is 0 Å². The van der Waals surface area contributed by atoms with Gasteiger partial charge in [-0.25, -0.2) is 14.5 Å². The zero-order valence-corrected chi connectivity index (χ0v) is 23.1. The van der Waals surface area contributed by atoms with Crippen LogP contribution in [0.5, 0.6) is 17.2 Å². The summed E-state index contributed by atoms with van der Waals surface area (Å²) in [5.41, 5.74) is 2.40. The number of para-hydroxylation sites is 1. The number of alkyl halides is 6. The summed E-state index contributed by atoms with van der Waals surface area (Å²) in [6, 6.07) is 22.1. The van der Waals surface area contributed by atoms with Crippen LogP contribution in [-0.2, 0) is 12.8 Å². The molecule has 0 fully saturated rings. The van der Waals surface area contributed by atoms with Crippen molar-refractivity contribution in [3.8, 4) is 45.5 Å². The number of aryl methyl sites for hydroxylation is 1. The molecule has 0 aliphatic heterocycles. The van der Waals surface area contributed by atoms with Crippen molar-refractivity contribution in [2.75, 3.05) is 0 Å². The van der Waals surface area contributed by atoms with Crippen molar-refractivity contribution in [1.82, 2.24) is 14.8 Å². The number of rotatable bonds is 8. The first-order chi connectivity index (χ1) is 21.3. The Bertz CT molecular complexity index is 1840. The van der Waals surface area contributed by atoms with Gasteiger partial charge in [-0.15, -0.1) is 13.2 Å². The highest BCUT2D eigenvalue weighted by molar-refractivity contribution is 5.68. The quantitative estimate of drug-likeness (QED) is 0.136. The number of ether oxygens (including phenoxy) is 3. The minimum absolute atomic E-state index is 0.119. The fourth-order valence-electron chi connectivity index (χ4n) is 4.47. The summed E-state index contributed by atoms with van der Waals surface area (Å²) in [4.78, 5) is 15.2. The Balaban J connectivity index is 1.37. The van der Waals surface area contributed by atoms with E-state index in [1.54, 1.807) is 36.4 Å². The van der Waals surface area contributed by atoms with E-state index in [0.717, 1.165) is 16.7 Å². The first kappa shape index (κ1) is 30.9. The molecule has 0 saturated carbocycles. The predicted molar refractivity (Wildman–Crippen MR) is 148 cm³/mol. The van der Waals surface area contributed by atoms with E-state index in [-0.39, 0.29) is 23.9 Å². The highest BCUT2D eigenvalue weighted by atomic mass is 19.4. The normalized spacial score (nSPS) is 11.7. The number of nitrogens with zero attached hydrogens (tertiary/aromatic N) is 3. The first-order valence-corrected chi connectivity index (χ1v) is 13.0. The molecule has 232 valence electrons. The van der Waals surface area contributed by atoms with Crippen molar-refractivity contribution >= 4 is 6.16 Å². The molecule has 0 amide bonds. The topological polar surface area (TPSA) is 95.7 Å². The zero-order chi connectivity index (χ0) is 32.4. The average Bonchev–Trinajstić information content (AvgIpc) is 3.40. The van der Waals surface area contributed by atoms with Gasteiger partial charge in [-0.3, -0.25) is 0 Å². The van der Waals surface area contributed by atoms with Gasteiger partial charge >= 0.3 is 18.7 Å². The standard InChI is InChI=1S/C31H21F6N3O5/c1-18-15-20(19-11-13-22(14-12-19)45-31(35,36)37)9-10-21(18)17-43-25-7-3-2-5-23(25)24-6-4-8-27(39-24)40-28(30(32,33)34)26(16-38-40)44-29(41)42/h2-16H,17H2,1H3,(H,41,42). The summed E-state index contributed by atoms with van der Waals surface area (Å²) in [7, 11) is 0. The highest BCUT2D eigenvalue weighted by Crippen LogP contribution is 2.38. The lowest BCUT2D eigenvalue weighted by atomic mass is 10.00. The molecule has 0 aliphatic carbocycles. The molecule has 14 heteroatoms. The molecular formula is C31H21F6N3O5. The van der Waals surface area contributed by atoms with Gasteiger partial charge in [-0.2, -0.15) is 18.3 Å². The third-order valence-corrected chi connectivity index (χ3v) is 6.46. The van der Waals surface area contributed by atoms with Gasteiger partial charge < -0.3 is 19.3 Å². The van der Waals surface area contributed by atoms with Crippen LogP contribution in [-0.4, -0.2) is 32.4 Å². The Hall–Kier alpha value is -5.53. The second-order valence-electron chi connectivity index (χ2n) is 9.51. The lowest BCUT2D eigenvalue weighted by Crippen LogP contribution is -2.17. The number of carbonyl (C=O) groups is 1. The van der Waals surface area contributed by atoms with E-state index in [4.69, 9.17) is 9.84 Å². The van der Waals surface area contributed by atoms with Crippen LogP contribution in [0.25, 0.3) is 28.2 Å². The van der Waals surface area contributed by atoms with E-state index >= 15 is 0 Å². The average molecular weight is 630 g/mol. The molecule has 45 heavy (non-hydrogen) atoms. The molecule has 0 bridgehead atoms. The third-order valence-electron chi connectivity index (χ3n) is 6.46. The maximum absolute atomic E-state index is 13.8. The van der Waals surface area contributed by atoms with Gasteiger partial charge in [0.2, 0.25) is 0 Å². The molecule has 1 N–H and O–H groups in total. The Morgan fingerprint density at radius 1 is 0.867 bits per heavy atom. The molecule has 5 aromatic rings. The molecular weight excluding hydrogens is 608 g/mol. The summed E-state index contributed by atoms with van der Waals surface area (Å²) in [5.74, 6) is -1.16. The van der Waals surface area contributed by atoms with Crippen LogP contribution in [0.2, 0.25) is 0 Å². The second kappa shape index (κ2) is 12.2. The number of benzene rings is 3. The van der Waals surface area contributed by atoms with Gasteiger partial charge in [-0.1, -0.05) is 48.5 Å². The van der Waals surface area contributed by atoms with Crippen molar-refractivity contribution < 1.29 is 50.5 Å². The Morgan fingerprint density at radius 2 is 1.58 bits per heavy atom. The van der Waals surface area contributed by atoms with Crippen LogP contribution in [0.1, 0.15) is 16.8 Å². The van der Waals surface area contributed by atoms with E-state index in [9.17, 15) is 31.1 Å². The zero-order valence-electron chi connectivity index (χ0n) is 23.1. The molecule has 2 aromatic heterocycles. The van der Waals surface area contributed by atoms with Gasteiger partial charge in [0.1, 0.15) is 18.1 Å². The number of aromatic nitrogens is 3. The SMILES string of the molecule is Cc1cc(-c2ccc(OC(F)(F)F)cc2)ccc1COc1ccccc1-c1cccc(-n2ncc(OC(=O)O)c2C(F)(F)F)n1. The van der Waals surface area contributed by atoms with Crippen molar-refractivity contribution in [2.45, 2.75) is 26.1 Å². The van der Waals surface area contributed by atoms with Crippen LogP contribution < -0.4 is 14.2 Å². The van der Waals surface area contributed by atoms with Crippen molar-refractivity contribution in [2.24, 2.45) is 0 Å². The van der Waals surface area contributed by atoms with Crippen LogP contribution in [0.3, 0.4) is 0 Å². The van der Waals surface area contributed by atoms with E-state index in [1.165, 1.54) is 36.4 Å². The summed E-state index contributed by atoms with van der Waals surface area (Å²) in [5, 5.41) is 12.5. The van der Waals surface area contributed by atoms with Gasteiger partial charge in [-0.05, 0) is 65.6 Å². The molecule has 0 saturated heterocycles. The lowest BCUT2D eigenvalue weighted by Gasteiger charge is -2.15. The number of hydrogen-bond acceptors (Lipinski definition) is 6. The smallest absolute Gasteiger partial charge is 0.488 e. The van der Waals surface area contributed by atoms with Crippen LogP contribution in [0.4, 0.5) is 31.1 Å². The molecule has 0 atom stereocenters. The summed E-state index contributed by atoms with van der Waals surface area (Å²) in [6.45, 7) is 1.97. The molecule has 3 aromatic carbocycles. The molecule has 5 rings (SSSR count). The summed E-state index contributed by atoms with van der Waals surface area (Å²) < 4.78 is 93.6. The molecule has 0 unspecified atom stereocenters.